The molecular formula is C11H17NO. The van der Waals surface area contributed by atoms with E-state index >= 15 is 0 Å². The van der Waals surface area contributed by atoms with Crippen molar-refractivity contribution in [2.75, 3.05) is 6.54 Å². The third kappa shape index (κ3) is 1.20. The molecule has 2 rings (SSSR count). The number of aryl methyl sites for hydroxylation is 1. The SMILES string of the molecule is Cc1ccc([C@H]2[C@H](CN)C2(C)C)o1. The Morgan fingerprint density at radius 3 is 2.54 bits per heavy atom. The molecule has 1 saturated carbocycles. The highest BCUT2D eigenvalue weighted by molar-refractivity contribution is 5.25. The highest BCUT2D eigenvalue weighted by Crippen LogP contribution is 2.63. The molecule has 1 aliphatic carbocycles. The van der Waals surface area contributed by atoms with Gasteiger partial charge in [0.1, 0.15) is 11.5 Å². The van der Waals surface area contributed by atoms with Gasteiger partial charge in [0.25, 0.3) is 0 Å². The van der Waals surface area contributed by atoms with E-state index in [9.17, 15) is 0 Å². The van der Waals surface area contributed by atoms with Gasteiger partial charge in [-0.05, 0) is 36.9 Å². The number of furan rings is 1. The molecule has 2 nitrogen and oxygen atoms in total. The van der Waals surface area contributed by atoms with Crippen molar-refractivity contribution in [3.05, 3.63) is 23.7 Å². The van der Waals surface area contributed by atoms with Crippen LogP contribution in [-0.4, -0.2) is 6.54 Å². The van der Waals surface area contributed by atoms with Gasteiger partial charge in [0.2, 0.25) is 0 Å². The normalized spacial score (nSPS) is 30.5. The molecule has 0 saturated heterocycles. The number of hydrogen-bond donors (Lipinski definition) is 1. The van der Waals surface area contributed by atoms with Crippen molar-refractivity contribution in [1.29, 1.82) is 0 Å². The van der Waals surface area contributed by atoms with E-state index in [4.69, 9.17) is 10.2 Å². The van der Waals surface area contributed by atoms with Gasteiger partial charge in [-0.3, -0.25) is 0 Å². The topological polar surface area (TPSA) is 39.2 Å². The number of rotatable bonds is 2. The van der Waals surface area contributed by atoms with E-state index in [1.165, 1.54) is 0 Å². The minimum Gasteiger partial charge on any atom is -0.466 e. The van der Waals surface area contributed by atoms with E-state index in [0.29, 0.717) is 17.3 Å². The molecule has 0 aliphatic heterocycles. The predicted molar refractivity (Wildman–Crippen MR) is 52.5 cm³/mol. The summed E-state index contributed by atoms with van der Waals surface area (Å²) in [6.45, 7) is 7.26. The van der Waals surface area contributed by atoms with Crippen molar-refractivity contribution in [3.8, 4) is 0 Å². The molecule has 2 atom stereocenters. The first-order valence-electron chi connectivity index (χ1n) is 4.83. The van der Waals surface area contributed by atoms with Gasteiger partial charge >= 0.3 is 0 Å². The lowest BCUT2D eigenvalue weighted by Crippen LogP contribution is -2.05. The Morgan fingerprint density at radius 2 is 2.15 bits per heavy atom. The molecule has 1 aliphatic rings. The maximum atomic E-state index is 5.70. The zero-order valence-corrected chi connectivity index (χ0v) is 8.50. The molecule has 1 aromatic rings. The first-order chi connectivity index (χ1) is 6.07. The van der Waals surface area contributed by atoms with E-state index < -0.39 is 0 Å². The van der Waals surface area contributed by atoms with Crippen LogP contribution in [0.2, 0.25) is 0 Å². The van der Waals surface area contributed by atoms with Gasteiger partial charge in [-0.15, -0.1) is 0 Å². The van der Waals surface area contributed by atoms with Crippen LogP contribution in [0.1, 0.15) is 31.3 Å². The second kappa shape index (κ2) is 2.61. The van der Waals surface area contributed by atoms with Gasteiger partial charge in [-0.2, -0.15) is 0 Å². The third-order valence-electron chi connectivity index (χ3n) is 3.37. The van der Waals surface area contributed by atoms with Crippen molar-refractivity contribution < 1.29 is 4.42 Å². The lowest BCUT2D eigenvalue weighted by molar-refractivity contribution is 0.461. The van der Waals surface area contributed by atoms with E-state index in [-0.39, 0.29) is 0 Å². The molecule has 0 aromatic carbocycles. The highest BCUT2D eigenvalue weighted by atomic mass is 16.3. The van der Waals surface area contributed by atoms with Gasteiger partial charge in [-0.1, -0.05) is 13.8 Å². The lowest BCUT2D eigenvalue weighted by Gasteiger charge is -1.98. The third-order valence-corrected chi connectivity index (χ3v) is 3.37. The molecule has 2 N–H and O–H groups in total. The van der Waals surface area contributed by atoms with E-state index in [1.54, 1.807) is 0 Å². The summed E-state index contributed by atoms with van der Waals surface area (Å²) in [6, 6.07) is 4.11. The molecule has 2 heteroatoms. The van der Waals surface area contributed by atoms with Gasteiger partial charge in [0.15, 0.2) is 0 Å². The Morgan fingerprint density at radius 1 is 1.46 bits per heavy atom. The molecule has 1 aromatic heterocycles. The molecule has 1 heterocycles. The fourth-order valence-corrected chi connectivity index (χ4v) is 2.37. The minimum absolute atomic E-state index is 0.332. The molecule has 0 amide bonds. The van der Waals surface area contributed by atoms with E-state index in [1.807, 2.05) is 13.0 Å². The summed E-state index contributed by atoms with van der Waals surface area (Å²) >= 11 is 0. The minimum atomic E-state index is 0.332. The van der Waals surface area contributed by atoms with Gasteiger partial charge in [0.05, 0.1) is 0 Å². The van der Waals surface area contributed by atoms with Gasteiger partial charge < -0.3 is 10.2 Å². The van der Waals surface area contributed by atoms with Crippen molar-refractivity contribution in [3.63, 3.8) is 0 Å². The van der Waals surface area contributed by atoms with Crippen LogP contribution < -0.4 is 5.73 Å². The Bertz CT molecular complexity index is 314. The van der Waals surface area contributed by atoms with Crippen molar-refractivity contribution in [2.45, 2.75) is 26.7 Å². The van der Waals surface area contributed by atoms with Crippen LogP contribution >= 0.6 is 0 Å². The molecule has 0 spiro atoms. The average Bonchev–Trinajstić information content (AvgIpc) is 2.41. The van der Waals surface area contributed by atoms with Crippen LogP contribution in [-0.2, 0) is 0 Å². The van der Waals surface area contributed by atoms with E-state index in [0.717, 1.165) is 18.1 Å². The largest absolute Gasteiger partial charge is 0.466 e. The quantitative estimate of drug-likeness (QED) is 0.756. The summed E-state index contributed by atoms with van der Waals surface area (Å²) in [5, 5.41) is 0. The Kier molecular flexibility index (Phi) is 1.77. The van der Waals surface area contributed by atoms with Crippen molar-refractivity contribution in [1.82, 2.24) is 0 Å². The summed E-state index contributed by atoms with van der Waals surface area (Å²) in [7, 11) is 0. The van der Waals surface area contributed by atoms with Gasteiger partial charge in [-0.25, -0.2) is 0 Å². The standard InChI is InChI=1S/C11H17NO/c1-7-4-5-9(13-7)10-8(6-12)11(10,2)3/h4-5,8,10H,6,12H2,1-3H3/t8-,10+/m0/s1. The van der Waals surface area contributed by atoms with Crippen molar-refractivity contribution >= 4 is 0 Å². The van der Waals surface area contributed by atoms with Crippen LogP contribution in [0.3, 0.4) is 0 Å². The summed E-state index contributed by atoms with van der Waals surface area (Å²) in [6.07, 6.45) is 0. The van der Waals surface area contributed by atoms with Crippen molar-refractivity contribution in [2.24, 2.45) is 17.1 Å². The average molecular weight is 179 g/mol. The molecule has 13 heavy (non-hydrogen) atoms. The summed E-state index contributed by atoms with van der Waals surface area (Å²) < 4.78 is 5.62. The first-order valence-corrected chi connectivity index (χ1v) is 4.83. The number of nitrogens with two attached hydrogens (primary N) is 1. The molecule has 0 radical (unpaired) electrons. The summed E-state index contributed by atoms with van der Waals surface area (Å²) in [4.78, 5) is 0. The zero-order chi connectivity index (χ0) is 9.64. The zero-order valence-electron chi connectivity index (χ0n) is 8.50. The fourth-order valence-electron chi connectivity index (χ4n) is 2.37. The summed E-state index contributed by atoms with van der Waals surface area (Å²) in [5.74, 6) is 3.23. The molecular weight excluding hydrogens is 162 g/mol. The Balaban J connectivity index is 2.21. The molecule has 0 unspecified atom stereocenters. The molecule has 0 bridgehead atoms. The predicted octanol–water partition coefficient (Wildman–Crippen LogP) is 2.29. The van der Waals surface area contributed by atoms with E-state index in [2.05, 4.69) is 19.9 Å². The summed E-state index contributed by atoms with van der Waals surface area (Å²) in [5.41, 5.74) is 6.03. The Labute approximate surface area is 79.1 Å². The molecule has 1 fully saturated rings. The smallest absolute Gasteiger partial charge is 0.108 e. The lowest BCUT2D eigenvalue weighted by atomic mass is 10.1. The number of hydrogen-bond acceptors (Lipinski definition) is 2. The van der Waals surface area contributed by atoms with Crippen LogP contribution in [0.25, 0.3) is 0 Å². The first kappa shape index (κ1) is 8.82. The maximum absolute atomic E-state index is 5.70. The van der Waals surface area contributed by atoms with Crippen LogP contribution in [0, 0.1) is 18.3 Å². The van der Waals surface area contributed by atoms with Crippen LogP contribution in [0.4, 0.5) is 0 Å². The van der Waals surface area contributed by atoms with Crippen LogP contribution in [0.5, 0.6) is 0 Å². The monoisotopic (exact) mass is 179 g/mol. The Hall–Kier alpha value is -0.760. The molecule has 72 valence electrons. The maximum Gasteiger partial charge on any atom is 0.108 e. The fraction of sp³-hybridized carbons (Fsp3) is 0.636. The van der Waals surface area contributed by atoms with Crippen LogP contribution in [0.15, 0.2) is 16.5 Å². The van der Waals surface area contributed by atoms with Gasteiger partial charge in [0, 0.05) is 5.92 Å². The second-order valence-corrected chi connectivity index (χ2v) is 4.59. The highest BCUT2D eigenvalue weighted by Gasteiger charge is 2.58. The second-order valence-electron chi connectivity index (χ2n) is 4.59.